The molecule has 3 heteroatoms. The summed E-state index contributed by atoms with van der Waals surface area (Å²) in [6.45, 7) is 10.2. The Morgan fingerprint density at radius 2 is 1.81 bits per heavy atom. The number of aryl methyl sites for hydroxylation is 2. The van der Waals surface area contributed by atoms with Gasteiger partial charge in [-0.15, -0.1) is 0 Å². The number of hydrogen-bond donors (Lipinski definition) is 1. The monoisotopic (exact) mass is 323 g/mol. The molecule has 1 aliphatic rings. The molecular formula is C18H29NS2. The quantitative estimate of drug-likeness (QED) is 0.830. The molecule has 2 rings (SSSR count). The van der Waals surface area contributed by atoms with Crippen molar-refractivity contribution >= 4 is 23.5 Å². The Morgan fingerprint density at radius 3 is 2.43 bits per heavy atom. The van der Waals surface area contributed by atoms with E-state index >= 15 is 0 Å². The Hall–Kier alpha value is -0.120. The van der Waals surface area contributed by atoms with Crippen molar-refractivity contribution in [2.24, 2.45) is 0 Å². The topological polar surface area (TPSA) is 12.0 Å². The molecule has 1 nitrogen and oxygen atoms in total. The maximum atomic E-state index is 3.82. The standard InChI is InChI=1S/C18H29NS2/c1-5-6-19-17(18-15(4)20-7-8-21-18)12-16-10-13(2)9-14(3)11-16/h9-11,15,17-19H,5-8,12H2,1-4H3. The van der Waals surface area contributed by atoms with E-state index < -0.39 is 0 Å². The van der Waals surface area contributed by atoms with Gasteiger partial charge in [-0.05, 0) is 38.8 Å². The molecule has 3 atom stereocenters. The first-order chi connectivity index (χ1) is 10.1. The molecule has 0 saturated carbocycles. The second-order valence-corrected chi connectivity index (χ2v) is 8.94. The maximum absolute atomic E-state index is 3.82. The molecule has 0 aliphatic carbocycles. The molecule has 0 spiro atoms. The van der Waals surface area contributed by atoms with E-state index in [0.717, 1.165) is 23.5 Å². The van der Waals surface area contributed by atoms with Gasteiger partial charge in [0.15, 0.2) is 0 Å². The molecular weight excluding hydrogens is 294 g/mol. The second-order valence-electron chi connectivity index (χ2n) is 6.17. The van der Waals surface area contributed by atoms with E-state index in [4.69, 9.17) is 0 Å². The Kier molecular flexibility index (Phi) is 6.97. The van der Waals surface area contributed by atoms with Crippen molar-refractivity contribution in [3.05, 3.63) is 34.9 Å². The van der Waals surface area contributed by atoms with Gasteiger partial charge in [-0.25, -0.2) is 0 Å². The van der Waals surface area contributed by atoms with E-state index in [-0.39, 0.29) is 0 Å². The van der Waals surface area contributed by atoms with Crippen LogP contribution in [-0.4, -0.2) is 34.6 Å². The zero-order valence-corrected chi connectivity index (χ0v) is 15.4. The van der Waals surface area contributed by atoms with Gasteiger partial charge in [-0.3, -0.25) is 0 Å². The van der Waals surface area contributed by atoms with Crippen LogP contribution in [0.25, 0.3) is 0 Å². The third kappa shape index (κ3) is 5.22. The average molecular weight is 324 g/mol. The molecule has 0 amide bonds. The molecule has 1 heterocycles. The molecule has 0 radical (unpaired) electrons. The highest BCUT2D eigenvalue weighted by atomic mass is 32.2. The minimum atomic E-state index is 0.596. The number of rotatable bonds is 6. The van der Waals surface area contributed by atoms with Crippen LogP contribution in [0.15, 0.2) is 18.2 Å². The van der Waals surface area contributed by atoms with Crippen LogP contribution in [0.4, 0.5) is 0 Å². The summed E-state index contributed by atoms with van der Waals surface area (Å²) in [7, 11) is 0. The van der Waals surface area contributed by atoms with Gasteiger partial charge in [0.2, 0.25) is 0 Å². The van der Waals surface area contributed by atoms with Crippen molar-refractivity contribution in [1.82, 2.24) is 5.32 Å². The number of thioether (sulfide) groups is 2. The zero-order chi connectivity index (χ0) is 15.2. The Morgan fingerprint density at radius 1 is 1.14 bits per heavy atom. The summed E-state index contributed by atoms with van der Waals surface area (Å²) in [4.78, 5) is 0. The van der Waals surface area contributed by atoms with E-state index in [2.05, 4.69) is 74.7 Å². The van der Waals surface area contributed by atoms with Crippen molar-refractivity contribution in [2.75, 3.05) is 18.1 Å². The fourth-order valence-corrected chi connectivity index (χ4v) is 6.13. The predicted molar refractivity (Wildman–Crippen MR) is 99.9 cm³/mol. The van der Waals surface area contributed by atoms with Gasteiger partial charge in [-0.1, -0.05) is 43.2 Å². The minimum absolute atomic E-state index is 0.596. The predicted octanol–water partition coefficient (Wildman–Crippen LogP) is 4.45. The van der Waals surface area contributed by atoms with E-state index in [1.165, 1.54) is 34.6 Å². The third-order valence-electron chi connectivity index (χ3n) is 4.03. The summed E-state index contributed by atoms with van der Waals surface area (Å²) in [5, 5.41) is 5.31. The molecule has 1 N–H and O–H groups in total. The van der Waals surface area contributed by atoms with Crippen LogP contribution >= 0.6 is 23.5 Å². The van der Waals surface area contributed by atoms with Crippen LogP contribution in [0.2, 0.25) is 0 Å². The van der Waals surface area contributed by atoms with Crippen molar-refractivity contribution in [1.29, 1.82) is 0 Å². The van der Waals surface area contributed by atoms with Crippen molar-refractivity contribution in [3.8, 4) is 0 Å². The van der Waals surface area contributed by atoms with Gasteiger partial charge < -0.3 is 5.32 Å². The van der Waals surface area contributed by atoms with Gasteiger partial charge in [0.1, 0.15) is 0 Å². The highest BCUT2D eigenvalue weighted by molar-refractivity contribution is 8.07. The molecule has 21 heavy (non-hydrogen) atoms. The summed E-state index contributed by atoms with van der Waals surface area (Å²) in [5.74, 6) is 2.61. The van der Waals surface area contributed by atoms with Gasteiger partial charge in [0.05, 0.1) is 0 Å². The smallest absolute Gasteiger partial charge is 0.0320 e. The van der Waals surface area contributed by atoms with E-state index in [1.54, 1.807) is 0 Å². The van der Waals surface area contributed by atoms with Crippen LogP contribution in [0, 0.1) is 13.8 Å². The molecule has 1 aliphatic heterocycles. The summed E-state index contributed by atoms with van der Waals surface area (Å²) in [5.41, 5.74) is 4.26. The van der Waals surface area contributed by atoms with E-state index in [0.29, 0.717) is 6.04 Å². The fraction of sp³-hybridized carbons (Fsp3) is 0.667. The molecule has 1 aromatic rings. The number of hydrogen-bond acceptors (Lipinski definition) is 3. The van der Waals surface area contributed by atoms with Crippen LogP contribution < -0.4 is 5.32 Å². The summed E-state index contributed by atoms with van der Waals surface area (Å²) >= 11 is 4.32. The lowest BCUT2D eigenvalue weighted by atomic mass is 9.98. The lowest BCUT2D eigenvalue weighted by molar-refractivity contribution is 0.486. The molecule has 1 fully saturated rings. The lowest BCUT2D eigenvalue weighted by Gasteiger charge is -2.35. The first kappa shape index (κ1) is 17.2. The third-order valence-corrected chi connectivity index (χ3v) is 7.28. The van der Waals surface area contributed by atoms with E-state index in [1.807, 2.05) is 0 Å². The maximum Gasteiger partial charge on any atom is 0.0320 e. The number of nitrogens with one attached hydrogen (secondary N) is 1. The minimum Gasteiger partial charge on any atom is -0.313 e. The van der Waals surface area contributed by atoms with Crippen molar-refractivity contribution < 1.29 is 0 Å². The highest BCUT2D eigenvalue weighted by Gasteiger charge is 2.30. The summed E-state index contributed by atoms with van der Waals surface area (Å²) in [6.07, 6.45) is 2.37. The molecule has 118 valence electrons. The Bertz CT molecular complexity index is 427. The van der Waals surface area contributed by atoms with Crippen molar-refractivity contribution in [2.45, 2.75) is 57.1 Å². The average Bonchev–Trinajstić information content (AvgIpc) is 2.43. The van der Waals surface area contributed by atoms with Gasteiger partial charge >= 0.3 is 0 Å². The summed E-state index contributed by atoms with van der Waals surface area (Å²) < 4.78 is 0. The lowest BCUT2D eigenvalue weighted by Crippen LogP contribution is -2.46. The van der Waals surface area contributed by atoms with Crippen LogP contribution in [0.5, 0.6) is 0 Å². The first-order valence-electron chi connectivity index (χ1n) is 8.14. The van der Waals surface area contributed by atoms with Crippen molar-refractivity contribution in [3.63, 3.8) is 0 Å². The Labute approximate surface area is 139 Å². The highest BCUT2D eigenvalue weighted by Crippen LogP contribution is 2.34. The molecule has 0 bridgehead atoms. The number of benzene rings is 1. The normalized spacial score (nSPS) is 24.0. The first-order valence-corrected chi connectivity index (χ1v) is 10.2. The van der Waals surface area contributed by atoms with E-state index in [9.17, 15) is 0 Å². The summed E-state index contributed by atoms with van der Waals surface area (Å²) in [6, 6.07) is 7.59. The Balaban J connectivity index is 2.11. The second kappa shape index (κ2) is 8.50. The van der Waals surface area contributed by atoms with Crippen LogP contribution in [0.1, 0.15) is 37.0 Å². The van der Waals surface area contributed by atoms with Gasteiger partial charge in [0, 0.05) is 28.0 Å². The zero-order valence-electron chi connectivity index (χ0n) is 13.8. The largest absolute Gasteiger partial charge is 0.313 e. The van der Waals surface area contributed by atoms with Gasteiger partial charge in [0.25, 0.3) is 0 Å². The molecule has 3 unspecified atom stereocenters. The molecule has 1 saturated heterocycles. The van der Waals surface area contributed by atoms with Crippen LogP contribution in [0.3, 0.4) is 0 Å². The van der Waals surface area contributed by atoms with Gasteiger partial charge in [-0.2, -0.15) is 23.5 Å². The van der Waals surface area contributed by atoms with Crippen LogP contribution in [-0.2, 0) is 6.42 Å². The molecule has 0 aromatic heterocycles. The SMILES string of the molecule is CCCNC(Cc1cc(C)cc(C)c1)C1SCCSC1C. The fourth-order valence-electron chi connectivity index (χ4n) is 3.17. The molecule has 1 aromatic carbocycles.